The number of nitrogens with zero attached hydrogens (tertiary/aromatic N) is 2. The number of benzene rings is 1. The second kappa shape index (κ2) is 5.81. The highest BCUT2D eigenvalue weighted by atomic mass is 79.9. The molecule has 1 aliphatic rings. The summed E-state index contributed by atoms with van der Waals surface area (Å²) in [4.78, 5) is 17.9. The molecule has 4 nitrogen and oxygen atoms in total. The summed E-state index contributed by atoms with van der Waals surface area (Å²) in [5.74, 6) is -0.0821. The Morgan fingerprint density at radius 2 is 2.14 bits per heavy atom. The summed E-state index contributed by atoms with van der Waals surface area (Å²) >= 11 is 3.36. The minimum absolute atomic E-state index is 0.0892. The second-order valence-corrected chi connectivity index (χ2v) is 5.61. The summed E-state index contributed by atoms with van der Waals surface area (Å²) in [6, 6.07) is 9.34. The van der Waals surface area contributed by atoms with E-state index in [1.807, 2.05) is 6.07 Å². The minimum atomic E-state index is -0.411. The molecule has 2 heterocycles. The predicted octanol–water partition coefficient (Wildman–Crippen LogP) is 2.89. The number of hydrogen-bond donors (Lipinski definition) is 0. The van der Waals surface area contributed by atoms with Gasteiger partial charge in [-0.25, -0.2) is 9.37 Å². The summed E-state index contributed by atoms with van der Waals surface area (Å²) < 4.78 is 19.6. The predicted molar refractivity (Wildman–Crippen MR) is 78.7 cm³/mol. The molecule has 0 aliphatic carbocycles. The molecule has 21 heavy (non-hydrogen) atoms. The Hall–Kier alpha value is -1.95. The monoisotopic (exact) mass is 350 g/mol. The van der Waals surface area contributed by atoms with Gasteiger partial charge in [0.1, 0.15) is 11.9 Å². The number of carbonyl (C=O) groups is 1. The number of carbonyl (C=O) groups excluding carboxylic acids is 1. The molecule has 2 aromatic rings. The maximum absolute atomic E-state index is 13.1. The number of likely N-dealkylation sites (tertiary alicyclic amines) is 1. The van der Waals surface area contributed by atoms with Crippen LogP contribution in [0, 0.1) is 5.82 Å². The first-order chi connectivity index (χ1) is 10.1. The number of halogens is 2. The largest absolute Gasteiger partial charge is 0.470 e. The van der Waals surface area contributed by atoms with Crippen LogP contribution in [0.3, 0.4) is 0 Å². The van der Waals surface area contributed by atoms with Crippen molar-refractivity contribution in [3.8, 4) is 5.88 Å². The molecule has 0 saturated carbocycles. The van der Waals surface area contributed by atoms with Crippen molar-refractivity contribution in [2.75, 3.05) is 13.1 Å². The maximum atomic E-state index is 13.1. The molecule has 1 aliphatic heterocycles. The van der Waals surface area contributed by atoms with Gasteiger partial charge >= 0.3 is 0 Å². The molecule has 1 aromatic heterocycles. The number of rotatable bonds is 3. The Morgan fingerprint density at radius 1 is 1.33 bits per heavy atom. The standard InChI is InChI=1S/C15H12BrFN2O2/c16-13-5-2-6-18-14(13)21-12-8-19(9-12)15(20)10-3-1-4-11(17)7-10/h1-7,12H,8-9H2. The zero-order valence-corrected chi connectivity index (χ0v) is 12.6. The van der Waals surface area contributed by atoms with Crippen molar-refractivity contribution in [1.29, 1.82) is 0 Å². The first-order valence-corrected chi connectivity index (χ1v) is 7.25. The molecule has 0 N–H and O–H groups in total. The van der Waals surface area contributed by atoms with Crippen LogP contribution >= 0.6 is 15.9 Å². The van der Waals surface area contributed by atoms with Gasteiger partial charge in [0, 0.05) is 11.8 Å². The van der Waals surface area contributed by atoms with Crippen LogP contribution in [0.4, 0.5) is 4.39 Å². The van der Waals surface area contributed by atoms with Crippen molar-refractivity contribution < 1.29 is 13.9 Å². The smallest absolute Gasteiger partial charge is 0.254 e. The average Bonchev–Trinajstić information content (AvgIpc) is 2.43. The normalized spacial score (nSPS) is 14.7. The summed E-state index contributed by atoms with van der Waals surface area (Å²) in [5, 5.41) is 0. The highest BCUT2D eigenvalue weighted by Crippen LogP contribution is 2.25. The van der Waals surface area contributed by atoms with Crippen molar-refractivity contribution in [3.05, 3.63) is 58.4 Å². The van der Waals surface area contributed by atoms with Crippen LogP contribution in [0.15, 0.2) is 47.1 Å². The highest BCUT2D eigenvalue weighted by Gasteiger charge is 2.33. The zero-order valence-electron chi connectivity index (χ0n) is 11.0. The van der Waals surface area contributed by atoms with Gasteiger partial charge < -0.3 is 9.64 Å². The summed E-state index contributed by atoms with van der Waals surface area (Å²) in [6.07, 6.45) is 1.56. The minimum Gasteiger partial charge on any atom is -0.470 e. The lowest BCUT2D eigenvalue weighted by Gasteiger charge is -2.38. The fourth-order valence-electron chi connectivity index (χ4n) is 2.10. The van der Waals surface area contributed by atoms with E-state index in [0.29, 0.717) is 24.5 Å². The van der Waals surface area contributed by atoms with E-state index < -0.39 is 5.82 Å². The molecule has 3 rings (SSSR count). The zero-order chi connectivity index (χ0) is 14.8. The second-order valence-electron chi connectivity index (χ2n) is 4.75. The van der Waals surface area contributed by atoms with Crippen LogP contribution in [0.5, 0.6) is 5.88 Å². The molecule has 0 bridgehead atoms. The topological polar surface area (TPSA) is 42.4 Å². The lowest BCUT2D eigenvalue weighted by atomic mass is 10.1. The van der Waals surface area contributed by atoms with Gasteiger partial charge in [0.25, 0.3) is 5.91 Å². The van der Waals surface area contributed by atoms with Crippen LogP contribution in [0.1, 0.15) is 10.4 Å². The van der Waals surface area contributed by atoms with Crippen molar-refractivity contribution in [2.24, 2.45) is 0 Å². The Labute approximate surface area is 129 Å². The third kappa shape index (κ3) is 3.05. The third-order valence-electron chi connectivity index (χ3n) is 3.21. The number of aromatic nitrogens is 1. The lowest BCUT2D eigenvalue weighted by Crippen LogP contribution is -2.56. The van der Waals surface area contributed by atoms with Crippen molar-refractivity contribution in [2.45, 2.75) is 6.10 Å². The molecule has 108 valence electrons. The van der Waals surface area contributed by atoms with Gasteiger partial charge in [-0.3, -0.25) is 4.79 Å². The number of amides is 1. The van der Waals surface area contributed by atoms with Crippen molar-refractivity contribution >= 4 is 21.8 Å². The third-order valence-corrected chi connectivity index (χ3v) is 3.81. The van der Waals surface area contributed by atoms with Crippen LogP contribution in [-0.4, -0.2) is 35.0 Å². The summed E-state index contributed by atoms with van der Waals surface area (Å²) in [5.41, 5.74) is 0.354. The van der Waals surface area contributed by atoms with Crippen molar-refractivity contribution in [1.82, 2.24) is 9.88 Å². The molecule has 1 fully saturated rings. The van der Waals surface area contributed by atoms with Crippen molar-refractivity contribution in [3.63, 3.8) is 0 Å². The Morgan fingerprint density at radius 3 is 2.86 bits per heavy atom. The molecule has 0 radical (unpaired) electrons. The van der Waals surface area contributed by atoms with Gasteiger partial charge in [0.2, 0.25) is 5.88 Å². The van der Waals surface area contributed by atoms with Crippen LogP contribution in [0.2, 0.25) is 0 Å². The quantitative estimate of drug-likeness (QED) is 0.854. The van der Waals surface area contributed by atoms with Crippen LogP contribution in [0.25, 0.3) is 0 Å². The molecule has 0 spiro atoms. The molecule has 6 heteroatoms. The molecule has 1 saturated heterocycles. The Bertz CT molecular complexity index is 674. The SMILES string of the molecule is O=C(c1cccc(F)c1)N1CC(Oc2ncccc2Br)C1. The van der Waals surface area contributed by atoms with Gasteiger partial charge in [-0.1, -0.05) is 6.07 Å². The maximum Gasteiger partial charge on any atom is 0.254 e. The van der Waals surface area contributed by atoms with Crippen LogP contribution in [-0.2, 0) is 0 Å². The van der Waals surface area contributed by atoms with E-state index in [-0.39, 0.29) is 12.0 Å². The highest BCUT2D eigenvalue weighted by molar-refractivity contribution is 9.10. The van der Waals surface area contributed by atoms with Gasteiger partial charge in [0.15, 0.2) is 0 Å². The Kier molecular flexibility index (Phi) is 3.88. The van der Waals surface area contributed by atoms with E-state index in [9.17, 15) is 9.18 Å². The first kappa shape index (κ1) is 14.0. The van der Waals surface area contributed by atoms with E-state index in [0.717, 1.165) is 4.47 Å². The number of hydrogen-bond acceptors (Lipinski definition) is 3. The fraction of sp³-hybridized carbons (Fsp3) is 0.200. The molecule has 0 unspecified atom stereocenters. The van der Waals surface area contributed by atoms with Gasteiger partial charge in [-0.15, -0.1) is 0 Å². The number of ether oxygens (including phenoxy) is 1. The Balaban J connectivity index is 1.58. The lowest BCUT2D eigenvalue weighted by molar-refractivity contribution is 0.0156. The molecule has 1 amide bonds. The van der Waals surface area contributed by atoms with Gasteiger partial charge in [0.05, 0.1) is 17.6 Å². The first-order valence-electron chi connectivity index (χ1n) is 6.45. The van der Waals surface area contributed by atoms with E-state index in [1.165, 1.54) is 18.2 Å². The summed E-state index contributed by atoms with van der Waals surface area (Å²) in [6.45, 7) is 0.941. The van der Waals surface area contributed by atoms with Crippen LogP contribution < -0.4 is 4.74 Å². The fourth-order valence-corrected chi connectivity index (χ4v) is 2.45. The molecule has 1 aromatic carbocycles. The average molecular weight is 351 g/mol. The summed E-state index contributed by atoms with van der Waals surface area (Å²) in [7, 11) is 0. The van der Waals surface area contributed by atoms with Gasteiger partial charge in [-0.2, -0.15) is 0 Å². The molecular formula is C15H12BrFN2O2. The van der Waals surface area contributed by atoms with E-state index in [4.69, 9.17) is 4.74 Å². The van der Waals surface area contributed by atoms with E-state index in [2.05, 4.69) is 20.9 Å². The number of pyridine rings is 1. The van der Waals surface area contributed by atoms with E-state index in [1.54, 1.807) is 23.2 Å². The molecular weight excluding hydrogens is 339 g/mol. The van der Waals surface area contributed by atoms with Gasteiger partial charge in [-0.05, 0) is 46.3 Å². The van der Waals surface area contributed by atoms with E-state index >= 15 is 0 Å². The molecule has 0 atom stereocenters.